The summed E-state index contributed by atoms with van der Waals surface area (Å²) in [6, 6.07) is 14.0. The molecule has 7 unspecified atom stereocenters. The third kappa shape index (κ3) is 18.0. The van der Waals surface area contributed by atoms with Gasteiger partial charge in [0, 0.05) is 54.2 Å². The van der Waals surface area contributed by atoms with Gasteiger partial charge in [0.15, 0.2) is 5.76 Å². The monoisotopic (exact) mass is 1040 g/mol. The zero-order chi connectivity index (χ0) is 55.9. The fourth-order valence-corrected chi connectivity index (χ4v) is 9.55. The highest BCUT2D eigenvalue weighted by Gasteiger charge is 2.43. The largest absolute Gasteiger partial charge is 0.480 e. The Hall–Kier alpha value is -6.65. The number of carbonyl (C=O) groups excluding carboxylic acids is 7. The zero-order valence-electron chi connectivity index (χ0n) is 45.8. The smallest absolute Gasteiger partial charge is 0.326 e. The van der Waals surface area contributed by atoms with Crippen LogP contribution in [0.3, 0.4) is 0 Å². The molecule has 1 saturated heterocycles. The van der Waals surface area contributed by atoms with Crippen molar-refractivity contribution >= 4 is 47.3 Å². The van der Waals surface area contributed by atoms with Crippen LogP contribution in [0.5, 0.6) is 5.75 Å². The van der Waals surface area contributed by atoms with Crippen molar-refractivity contribution in [3.05, 3.63) is 77.6 Å². The van der Waals surface area contributed by atoms with Gasteiger partial charge in [0.1, 0.15) is 17.8 Å². The average Bonchev–Trinajstić information content (AvgIpc) is 3.98. The second-order valence-corrected chi connectivity index (χ2v) is 19.7. The minimum absolute atomic E-state index is 0.0912. The molecule has 412 valence electrons. The number of amides is 7. The molecule has 0 aliphatic carbocycles. The number of rotatable bonds is 28. The van der Waals surface area contributed by atoms with Crippen LogP contribution in [-0.2, 0) is 54.3 Å². The molecule has 2 heterocycles. The van der Waals surface area contributed by atoms with E-state index in [1.54, 1.807) is 64.0 Å². The fourth-order valence-electron chi connectivity index (χ4n) is 9.55. The molecule has 0 bridgehead atoms. The Labute approximate surface area is 443 Å². The molecule has 0 saturated carbocycles. The van der Waals surface area contributed by atoms with Gasteiger partial charge in [-0.25, -0.2) is 4.79 Å². The molecule has 2 aliphatic heterocycles. The number of carboxylic acid groups (broad SMARTS) is 1. The topological polar surface area (TPSA) is 245 Å². The first-order valence-electron chi connectivity index (χ1n) is 26.2. The van der Waals surface area contributed by atoms with Gasteiger partial charge >= 0.3 is 5.97 Å². The summed E-state index contributed by atoms with van der Waals surface area (Å²) >= 11 is 0. The number of nitriles is 1. The van der Waals surface area contributed by atoms with E-state index in [1.807, 2.05) is 26.0 Å². The van der Waals surface area contributed by atoms with Crippen LogP contribution in [0.2, 0.25) is 0 Å². The molecule has 2 aliphatic rings. The molecule has 7 amide bonds. The summed E-state index contributed by atoms with van der Waals surface area (Å²) in [7, 11) is 6.09. The van der Waals surface area contributed by atoms with E-state index in [4.69, 9.17) is 19.5 Å². The molecule has 1 fully saturated rings. The Bertz CT molecular complexity index is 2300. The summed E-state index contributed by atoms with van der Waals surface area (Å²) in [6.45, 7) is 13.6. The molecular formula is C56H81N7O12. The van der Waals surface area contributed by atoms with Crippen LogP contribution in [-0.4, -0.2) is 156 Å². The highest BCUT2D eigenvalue weighted by molar-refractivity contribution is 6.15. The van der Waals surface area contributed by atoms with Gasteiger partial charge in [0.05, 0.1) is 60.9 Å². The van der Waals surface area contributed by atoms with Crippen molar-refractivity contribution in [1.29, 1.82) is 5.26 Å². The second-order valence-electron chi connectivity index (χ2n) is 19.7. The van der Waals surface area contributed by atoms with Crippen LogP contribution in [0.15, 0.2) is 66.4 Å². The number of unbranched alkanes of at least 4 members (excludes halogenated alkanes) is 2. The maximum Gasteiger partial charge on any atom is 0.326 e. The molecule has 75 heavy (non-hydrogen) atoms. The summed E-state index contributed by atoms with van der Waals surface area (Å²) < 4.78 is 17.4. The Morgan fingerprint density at radius 1 is 0.867 bits per heavy atom. The first-order valence-corrected chi connectivity index (χ1v) is 26.2. The molecule has 19 nitrogen and oxygen atoms in total. The number of benzene rings is 2. The summed E-state index contributed by atoms with van der Waals surface area (Å²) in [5, 5.41) is 24.3. The van der Waals surface area contributed by atoms with Gasteiger partial charge < -0.3 is 44.7 Å². The van der Waals surface area contributed by atoms with Crippen LogP contribution < -0.4 is 15.4 Å². The lowest BCUT2D eigenvalue weighted by atomic mass is 9.90. The predicted octanol–water partition coefficient (Wildman–Crippen LogP) is 5.50. The first kappa shape index (κ1) is 62.6. The van der Waals surface area contributed by atoms with Gasteiger partial charge in [-0.1, -0.05) is 98.1 Å². The number of carbonyl (C=O) groups is 8. The Morgan fingerprint density at radius 3 is 2.09 bits per heavy atom. The lowest BCUT2D eigenvalue weighted by Crippen LogP contribution is -2.56. The highest BCUT2D eigenvalue weighted by Crippen LogP contribution is 2.30. The lowest BCUT2D eigenvalue weighted by molar-refractivity contribution is -0.147. The number of nitrogens with one attached hydrogen (secondary N) is 2. The van der Waals surface area contributed by atoms with Crippen LogP contribution >= 0.6 is 0 Å². The number of nitrogens with zero attached hydrogens (tertiary/aromatic N) is 5. The number of hydrogen-bond acceptors (Lipinski definition) is 12. The molecule has 0 spiro atoms. The third-order valence-corrected chi connectivity index (χ3v) is 13.8. The van der Waals surface area contributed by atoms with Gasteiger partial charge in [0.2, 0.25) is 29.5 Å². The summed E-state index contributed by atoms with van der Waals surface area (Å²) in [5.41, 5.74) is 1.18. The molecule has 4 rings (SSSR count). The molecule has 0 aromatic heterocycles. The molecule has 19 heteroatoms. The highest BCUT2D eigenvalue weighted by atomic mass is 16.5. The van der Waals surface area contributed by atoms with Gasteiger partial charge in [-0.3, -0.25) is 38.5 Å². The maximum absolute atomic E-state index is 14.2. The number of likely N-dealkylation sites (N-methyl/N-ethyl adjacent to an activating group) is 2. The van der Waals surface area contributed by atoms with E-state index in [0.29, 0.717) is 56.4 Å². The quantitative estimate of drug-likeness (QED) is 0.0705. The first-order chi connectivity index (χ1) is 35.7. The van der Waals surface area contributed by atoms with Crippen LogP contribution in [0.25, 0.3) is 0 Å². The van der Waals surface area contributed by atoms with Gasteiger partial charge in [0.25, 0.3) is 11.8 Å². The van der Waals surface area contributed by atoms with E-state index >= 15 is 0 Å². The van der Waals surface area contributed by atoms with Crippen molar-refractivity contribution in [3.8, 4) is 11.8 Å². The third-order valence-electron chi connectivity index (χ3n) is 13.8. The fraction of sp³-hybridized carbons (Fsp3) is 0.589. The van der Waals surface area contributed by atoms with E-state index in [-0.39, 0.29) is 61.8 Å². The van der Waals surface area contributed by atoms with Crippen molar-refractivity contribution in [2.45, 2.75) is 149 Å². The number of aliphatic carboxylic acids is 1. The number of methoxy groups -OCH3 is 2. The second kappa shape index (κ2) is 31.3. The van der Waals surface area contributed by atoms with E-state index < -0.39 is 77.8 Å². The normalized spacial score (nSPS) is 17.0. The van der Waals surface area contributed by atoms with E-state index in [1.165, 1.54) is 54.7 Å². The van der Waals surface area contributed by atoms with Crippen LogP contribution in [0, 0.1) is 29.1 Å². The van der Waals surface area contributed by atoms with Crippen molar-refractivity contribution < 1.29 is 57.7 Å². The minimum atomic E-state index is -1.17. The Balaban J connectivity index is 0.00000482. The molecule has 0 radical (unpaired) electrons. The van der Waals surface area contributed by atoms with Crippen molar-refractivity contribution in [3.63, 3.8) is 0 Å². The van der Waals surface area contributed by atoms with Gasteiger partial charge in [-0.05, 0) is 67.3 Å². The zero-order valence-corrected chi connectivity index (χ0v) is 45.8. The van der Waals surface area contributed by atoms with Crippen molar-refractivity contribution in [1.82, 2.24) is 30.2 Å². The standard InChI is InChI=1S/C53H73N7O12.C3H8/c1-10-34(4)48(41(70-8)29-44(62)59-27-17-20-40(59)49(71-9)35(5)50(65)56-39(53(68)69)28-36-18-13-11-14-19-36)58(7)46(64)32-55-51(66)47(33(2)3)57(6)43(61)21-15-12-16-26-60-45(63)30-42(52(60)67)72-38-24-22-37(31-54)23-25-38;1-3-2/h11,13-14,18-19,22-25,30,33-35,39-41,47-49H,10,12,15-17,20-21,26-29,32H2,1-9H3,(H,55,66)(H,56,65)(H,68,69);3H2,1-2H3/t34-,35?,39?,40?,41?,47?,48?,49?;/m1./s1. The van der Waals surface area contributed by atoms with Crippen LogP contribution in [0.1, 0.15) is 117 Å². The van der Waals surface area contributed by atoms with Crippen LogP contribution in [0.4, 0.5) is 0 Å². The number of ether oxygens (including phenoxy) is 3. The number of carboxylic acids is 1. The van der Waals surface area contributed by atoms with Gasteiger partial charge in [-0.2, -0.15) is 5.26 Å². The number of likely N-dealkylation sites (tertiary alicyclic amines) is 1. The van der Waals surface area contributed by atoms with E-state index in [0.717, 1.165) is 16.5 Å². The Morgan fingerprint density at radius 2 is 1.52 bits per heavy atom. The molecule has 2 aromatic carbocycles. The SMILES string of the molecule is CCC.CC[C@@H](C)C(C(CC(=O)N1CCCC1C(OC)C(C)C(=O)NC(Cc1ccccc1)C(=O)O)OC)N(C)C(=O)CNC(=O)C(C(C)C)N(C)C(=O)CCCCCN1C(=O)C=C(Oc2ccc(C#N)cc2)C1=O. The summed E-state index contributed by atoms with van der Waals surface area (Å²) in [6.07, 6.45) is 4.24. The summed E-state index contributed by atoms with van der Waals surface area (Å²) in [5.74, 6) is -5.30. The van der Waals surface area contributed by atoms with Gasteiger partial charge in [-0.15, -0.1) is 0 Å². The Kier molecular flexibility index (Phi) is 26.1. The van der Waals surface area contributed by atoms with E-state index in [9.17, 15) is 43.5 Å². The molecule has 8 atom stereocenters. The van der Waals surface area contributed by atoms with Crippen molar-refractivity contribution in [2.75, 3.05) is 47.9 Å². The number of imide groups is 1. The van der Waals surface area contributed by atoms with Crippen molar-refractivity contribution in [2.24, 2.45) is 17.8 Å². The average molecular weight is 1040 g/mol. The molecular weight excluding hydrogens is 963 g/mol. The maximum atomic E-state index is 14.2. The minimum Gasteiger partial charge on any atom is -0.480 e. The van der Waals surface area contributed by atoms with E-state index in [2.05, 4.69) is 24.5 Å². The molecule has 3 N–H and O–H groups in total. The lowest BCUT2D eigenvalue weighted by Gasteiger charge is -2.39. The molecule has 2 aromatic rings. The number of hydrogen-bond donors (Lipinski definition) is 3. The summed E-state index contributed by atoms with van der Waals surface area (Å²) in [4.78, 5) is 112. The predicted molar refractivity (Wildman–Crippen MR) is 281 cm³/mol.